The van der Waals surface area contributed by atoms with E-state index in [1.807, 2.05) is 11.3 Å². The number of aliphatic imine (C=N–C) groups is 1. The third-order valence-corrected chi connectivity index (χ3v) is 6.11. The molecule has 1 aromatic rings. The summed E-state index contributed by atoms with van der Waals surface area (Å²) >= 11 is 1.83. The van der Waals surface area contributed by atoms with Gasteiger partial charge in [0.15, 0.2) is 5.96 Å². The maximum atomic E-state index is 5.44. The lowest BCUT2D eigenvalue weighted by Crippen LogP contribution is -2.49. The molecule has 1 aromatic heterocycles. The number of thiophene rings is 1. The molecule has 1 atom stereocenters. The molecular weight excluding hydrogens is 473 g/mol. The number of piperidine rings is 1. The number of hydrogen-bond acceptors (Lipinski definition) is 5. The Bertz CT molecular complexity index is 542. The molecule has 0 bridgehead atoms. The van der Waals surface area contributed by atoms with Crippen molar-refractivity contribution in [2.75, 3.05) is 57.4 Å². The summed E-state index contributed by atoms with van der Waals surface area (Å²) < 4.78 is 5.44. The highest BCUT2D eigenvalue weighted by molar-refractivity contribution is 14.0. The standard InChI is InChI=1S/C19H33N5OS.HI/c1-3-20-19(21-15-16(2)23-10-12-25-13-11-23)22-17-6-8-24(9-7-17)18-5-4-14-26-18;/h4-5,14,16-17H,3,6-13,15H2,1-2H3,(H2,20,21,22);1H. The Labute approximate surface area is 184 Å². The number of ether oxygens (including phenoxy) is 1. The van der Waals surface area contributed by atoms with Crippen molar-refractivity contribution in [1.29, 1.82) is 0 Å². The van der Waals surface area contributed by atoms with Gasteiger partial charge in [-0.1, -0.05) is 0 Å². The zero-order valence-electron chi connectivity index (χ0n) is 16.5. The predicted molar refractivity (Wildman–Crippen MR) is 126 cm³/mol. The Balaban J connectivity index is 0.00000261. The summed E-state index contributed by atoms with van der Waals surface area (Å²) in [5.41, 5.74) is 0. The average molecular weight is 507 g/mol. The van der Waals surface area contributed by atoms with Crippen LogP contribution in [0.15, 0.2) is 22.5 Å². The fraction of sp³-hybridized carbons (Fsp3) is 0.737. The van der Waals surface area contributed by atoms with Crippen LogP contribution in [0.1, 0.15) is 26.7 Å². The first-order chi connectivity index (χ1) is 12.8. The van der Waals surface area contributed by atoms with Crippen LogP contribution in [-0.4, -0.2) is 75.4 Å². The van der Waals surface area contributed by atoms with Crippen LogP contribution in [-0.2, 0) is 4.74 Å². The van der Waals surface area contributed by atoms with E-state index in [2.05, 4.69) is 51.8 Å². The van der Waals surface area contributed by atoms with E-state index in [4.69, 9.17) is 9.73 Å². The lowest BCUT2D eigenvalue weighted by molar-refractivity contribution is 0.0220. The molecule has 2 N–H and O–H groups in total. The van der Waals surface area contributed by atoms with Crippen LogP contribution < -0.4 is 15.5 Å². The van der Waals surface area contributed by atoms with Crippen molar-refractivity contribution < 1.29 is 4.74 Å². The first kappa shape index (κ1) is 22.7. The Morgan fingerprint density at radius 1 is 1.30 bits per heavy atom. The zero-order valence-corrected chi connectivity index (χ0v) is 19.7. The molecule has 0 aliphatic carbocycles. The average Bonchev–Trinajstić information content (AvgIpc) is 3.22. The molecule has 0 spiro atoms. The molecule has 0 amide bonds. The van der Waals surface area contributed by atoms with E-state index in [0.717, 1.165) is 71.3 Å². The SMILES string of the molecule is CCNC(=NCC(C)N1CCOCC1)NC1CCN(c2cccs2)CC1.I. The summed E-state index contributed by atoms with van der Waals surface area (Å²) in [5.74, 6) is 0.960. The summed E-state index contributed by atoms with van der Waals surface area (Å²) in [7, 11) is 0. The first-order valence-corrected chi connectivity index (χ1v) is 10.8. The summed E-state index contributed by atoms with van der Waals surface area (Å²) in [4.78, 5) is 9.81. The van der Waals surface area contributed by atoms with E-state index in [0.29, 0.717) is 12.1 Å². The molecule has 3 rings (SSSR count). The van der Waals surface area contributed by atoms with Crippen LogP contribution in [0.2, 0.25) is 0 Å². The van der Waals surface area contributed by atoms with Gasteiger partial charge in [-0.05, 0) is 44.2 Å². The molecule has 0 aromatic carbocycles. The number of anilines is 1. The van der Waals surface area contributed by atoms with Gasteiger partial charge >= 0.3 is 0 Å². The lowest BCUT2D eigenvalue weighted by atomic mass is 10.1. The largest absolute Gasteiger partial charge is 0.379 e. The van der Waals surface area contributed by atoms with Crippen LogP contribution in [0.25, 0.3) is 0 Å². The van der Waals surface area contributed by atoms with E-state index in [9.17, 15) is 0 Å². The molecule has 1 unspecified atom stereocenters. The summed E-state index contributed by atoms with van der Waals surface area (Å²) in [6.07, 6.45) is 2.31. The minimum atomic E-state index is 0. The maximum Gasteiger partial charge on any atom is 0.191 e. The van der Waals surface area contributed by atoms with E-state index >= 15 is 0 Å². The third kappa shape index (κ3) is 7.07. The zero-order chi connectivity index (χ0) is 18.2. The smallest absolute Gasteiger partial charge is 0.191 e. The minimum absolute atomic E-state index is 0. The minimum Gasteiger partial charge on any atom is -0.379 e. The van der Waals surface area contributed by atoms with Crippen molar-refractivity contribution in [2.45, 2.75) is 38.8 Å². The number of guanidine groups is 1. The third-order valence-electron chi connectivity index (χ3n) is 5.18. The first-order valence-electron chi connectivity index (χ1n) is 9.91. The number of morpholine rings is 1. The second-order valence-corrected chi connectivity index (χ2v) is 8.00. The van der Waals surface area contributed by atoms with Crippen LogP contribution in [0, 0.1) is 0 Å². The fourth-order valence-electron chi connectivity index (χ4n) is 3.56. The Morgan fingerprint density at radius 3 is 2.67 bits per heavy atom. The predicted octanol–water partition coefficient (Wildman–Crippen LogP) is 2.61. The summed E-state index contributed by atoms with van der Waals surface area (Å²) in [6, 6.07) is 5.31. The van der Waals surface area contributed by atoms with Crippen molar-refractivity contribution in [3.8, 4) is 0 Å². The Morgan fingerprint density at radius 2 is 2.04 bits per heavy atom. The maximum absolute atomic E-state index is 5.44. The van der Waals surface area contributed by atoms with Gasteiger partial charge in [-0.3, -0.25) is 9.89 Å². The molecule has 8 heteroatoms. The van der Waals surface area contributed by atoms with E-state index < -0.39 is 0 Å². The van der Waals surface area contributed by atoms with Gasteiger partial charge in [-0.15, -0.1) is 35.3 Å². The van der Waals surface area contributed by atoms with Gasteiger partial charge in [0.05, 0.1) is 24.8 Å². The van der Waals surface area contributed by atoms with Gasteiger partial charge in [-0.2, -0.15) is 0 Å². The second kappa shape index (κ2) is 12.1. The highest BCUT2D eigenvalue weighted by Crippen LogP contribution is 2.24. The monoisotopic (exact) mass is 507 g/mol. The van der Waals surface area contributed by atoms with Crippen molar-refractivity contribution >= 4 is 46.3 Å². The van der Waals surface area contributed by atoms with Crippen LogP contribution in [0.5, 0.6) is 0 Å². The van der Waals surface area contributed by atoms with Crippen molar-refractivity contribution in [1.82, 2.24) is 15.5 Å². The molecule has 3 heterocycles. The number of hydrogen-bond donors (Lipinski definition) is 2. The topological polar surface area (TPSA) is 52.1 Å². The van der Waals surface area contributed by atoms with Gasteiger partial charge in [0.2, 0.25) is 0 Å². The molecule has 27 heavy (non-hydrogen) atoms. The van der Waals surface area contributed by atoms with Crippen LogP contribution >= 0.6 is 35.3 Å². The Kier molecular flexibility index (Phi) is 10.2. The molecule has 2 aliphatic rings. The van der Waals surface area contributed by atoms with Crippen LogP contribution in [0.4, 0.5) is 5.00 Å². The van der Waals surface area contributed by atoms with Gasteiger partial charge in [0.25, 0.3) is 0 Å². The van der Waals surface area contributed by atoms with Gasteiger partial charge in [0, 0.05) is 44.8 Å². The van der Waals surface area contributed by atoms with E-state index in [1.165, 1.54) is 5.00 Å². The molecule has 6 nitrogen and oxygen atoms in total. The number of nitrogens with one attached hydrogen (secondary N) is 2. The molecule has 2 fully saturated rings. The normalized spacial score (nSPS) is 20.8. The molecular formula is C19H34IN5OS. The molecule has 0 saturated carbocycles. The second-order valence-electron chi connectivity index (χ2n) is 7.07. The summed E-state index contributed by atoms with van der Waals surface area (Å²) in [5, 5.41) is 10.6. The highest BCUT2D eigenvalue weighted by atomic mass is 127. The van der Waals surface area contributed by atoms with Crippen molar-refractivity contribution in [3.05, 3.63) is 17.5 Å². The molecule has 154 valence electrons. The number of halogens is 1. The fourth-order valence-corrected chi connectivity index (χ4v) is 4.35. The van der Waals surface area contributed by atoms with Gasteiger partial charge < -0.3 is 20.3 Å². The number of nitrogens with zero attached hydrogens (tertiary/aromatic N) is 3. The van der Waals surface area contributed by atoms with E-state index in [-0.39, 0.29) is 24.0 Å². The lowest BCUT2D eigenvalue weighted by Gasteiger charge is -2.34. The molecule has 2 aliphatic heterocycles. The van der Waals surface area contributed by atoms with Gasteiger partial charge in [0.1, 0.15) is 0 Å². The van der Waals surface area contributed by atoms with E-state index in [1.54, 1.807) is 0 Å². The number of rotatable bonds is 6. The van der Waals surface area contributed by atoms with Crippen molar-refractivity contribution in [2.24, 2.45) is 4.99 Å². The quantitative estimate of drug-likeness (QED) is 0.352. The van der Waals surface area contributed by atoms with Gasteiger partial charge in [-0.25, -0.2) is 0 Å². The highest BCUT2D eigenvalue weighted by Gasteiger charge is 2.21. The summed E-state index contributed by atoms with van der Waals surface area (Å²) in [6.45, 7) is 12.0. The van der Waals surface area contributed by atoms with Crippen LogP contribution in [0.3, 0.4) is 0 Å². The molecule has 0 radical (unpaired) electrons. The van der Waals surface area contributed by atoms with Crippen molar-refractivity contribution in [3.63, 3.8) is 0 Å². The molecule has 2 saturated heterocycles. The Hall–Kier alpha value is -0.580.